The molecular weight excluding hydrogens is 471 g/mol. The number of amides is 2. The zero-order valence-electron chi connectivity index (χ0n) is 21.4. The third kappa shape index (κ3) is 6.36. The molecule has 2 aliphatic rings. The van der Waals surface area contributed by atoms with Crippen LogP contribution in [0.3, 0.4) is 0 Å². The lowest BCUT2D eigenvalue weighted by atomic mass is 10.0. The van der Waals surface area contributed by atoms with Crippen LogP contribution < -0.4 is 10.2 Å². The smallest absolute Gasteiger partial charge is 0.256 e. The van der Waals surface area contributed by atoms with Crippen molar-refractivity contribution in [3.05, 3.63) is 64.0 Å². The van der Waals surface area contributed by atoms with E-state index in [0.29, 0.717) is 38.0 Å². The molecule has 7 nitrogen and oxygen atoms in total. The van der Waals surface area contributed by atoms with E-state index in [1.54, 1.807) is 18.0 Å². The molecular formula is C29H39FN4O3. The summed E-state index contributed by atoms with van der Waals surface area (Å²) in [5, 5.41) is 6.30. The molecule has 2 aromatic rings. The fourth-order valence-electron chi connectivity index (χ4n) is 4.99. The van der Waals surface area contributed by atoms with Gasteiger partial charge in [0, 0.05) is 49.9 Å². The summed E-state index contributed by atoms with van der Waals surface area (Å²) in [5.74, 6) is -0.469. The van der Waals surface area contributed by atoms with Crippen LogP contribution in [0.2, 0.25) is 0 Å². The molecule has 0 unspecified atom stereocenters. The van der Waals surface area contributed by atoms with Gasteiger partial charge in [-0.2, -0.15) is 0 Å². The van der Waals surface area contributed by atoms with Gasteiger partial charge in [0.15, 0.2) is 5.78 Å². The fourth-order valence-corrected chi connectivity index (χ4v) is 4.99. The zero-order valence-corrected chi connectivity index (χ0v) is 21.4. The molecule has 0 spiro atoms. The van der Waals surface area contributed by atoms with E-state index in [0.717, 1.165) is 47.2 Å². The molecule has 1 aliphatic heterocycles. The topological polar surface area (TPSA) is 73.0 Å². The van der Waals surface area contributed by atoms with Crippen LogP contribution in [-0.4, -0.2) is 54.3 Å². The lowest BCUT2D eigenvalue weighted by Gasteiger charge is -2.32. The minimum atomic E-state index is -0.263. The number of hydrogen-bond donors (Lipinski definition) is 1. The summed E-state index contributed by atoms with van der Waals surface area (Å²) in [5.41, 5.74) is 4.82. The molecule has 0 saturated carbocycles. The molecule has 2 aromatic carbocycles. The van der Waals surface area contributed by atoms with Gasteiger partial charge >= 0.3 is 0 Å². The van der Waals surface area contributed by atoms with Gasteiger partial charge in [-0.15, -0.1) is 0 Å². The molecule has 1 aliphatic carbocycles. The lowest BCUT2D eigenvalue weighted by Crippen LogP contribution is -2.48. The molecule has 0 bridgehead atoms. The van der Waals surface area contributed by atoms with Crippen LogP contribution in [0.15, 0.2) is 30.3 Å². The number of rotatable bonds is 10. The number of Topliss-reactive ketones (excluding diaryl/α,β-unsaturated/α-hetero) is 1. The van der Waals surface area contributed by atoms with Crippen molar-refractivity contribution in [1.82, 2.24) is 15.3 Å². The monoisotopic (exact) mass is 510 g/mol. The minimum absolute atomic E-state index is 0. The van der Waals surface area contributed by atoms with Gasteiger partial charge in [0.1, 0.15) is 5.82 Å². The number of fused-ring (bicyclic) bond motifs is 2. The van der Waals surface area contributed by atoms with Crippen molar-refractivity contribution in [1.29, 1.82) is 0 Å². The minimum Gasteiger partial charge on any atom is -0.355 e. The van der Waals surface area contributed by atoms with Gasteiger partial charge in [-0.3, -0.25) is 19.4 Å². The summed E-state index contributed by atoms with van der Waals surface area (Å²) in [7, 11) is 1.68. The maximum atomic E-state index is 14.2. The van der Waals surface area contributed by atoms with Crippen molar-refractivity contribution in [3.8, 4) is 0 Å². The van der Waals surface area contributed by atoms with Crippen molar-refractivity contribution >= 4 is 23.3 Å². The first-order chi connectivity index (χ1) is 17.3. The van der Waals surface area contributed by atoms with Crippen molar-refractivity contribution in [2.24, 2.45) is 0 Å². The summed E-state index contributed by atoms with van der Waals surface area (Å²) >= 11 is 0. The quantitative estimate of drug-likeness (QED) is 0.480. The van der Waals surface area contributed by atoms with Crippen LogP contribution in [0.5, 0.6) is 0 Å². The Labute approximate surface area is 219 Å². The van der Waals surface area contributed by atoms with Gasteiger partial charge in [0.25, 0.3) is 5.91 Å². The van der Waals surface area contributed by atoms with E-state index in [-0.39, 0.29) is 43.9 Å². The predicted octanol–water partition coefficient (Wildman–Crippen LogP) is 4.40. The van der Waals surface area contributed by atoms with Gasteiger partial charge < -0.3 is 10.2 Å². The summed E-state index contributed by atoms with van der Waals surface area (Å²) in [6.45, 7) is 5.41. The molecule has 0 atom stereocenters. The Bertz CT molecular complexity index is 1170. The molecule has 4 rings (SSSR count). The number of likely N-dealkylation sites (N-methyl/N-ethyl adjacent to an activating group) is 1. The molecule has 8 heteroatoms. The molecule has 37 heavy (non-hydrogen) atoms. The average Bonchev–Trinajstić information content (AvgIpc) is 3.45. The number of carbonyl (C=O) groups is 3. The summed E-state index contributed by atoms with van der Waals surface area (Å²) in [6, 6.07) is 8.82. The highest BCUT2D eigenvalue weighted by Crippen LogP contribution is 2.31. The number of nitrogens with one attached hydrogen (secondary N) is 1. The first-order valence-corrected chi connectivity index (χ1v) is 12.7. The average molecular weight is 511 g/mol. The maximum Gasteiger partial charge on any atom is 0.256 e. The number of carbonyl (C=O) groups excluding carboxylic acids is 3. The second-order valence-corrected chi connectivity index (χ2v) is 9.75. The highest BCUT2D eigenvalue weighted by Gasteiger charge is 2.29. The number of anilines is 1. The number of hydrazine groups is 1. The van der Waals surface area contributed by atoms with Crippen LogP contribution in [0.25, 0.3) is 0 Å². The maximum absolute atomic E-state index is 14.2. The number of ketones is 1. The van der Waals surface area contributed by atoms with E-state index in [1.165, 1.54) is 11.1 Å². The standard InChI is InChI=1S/C28H35FN4O3.CH4/c1-4-5-6-12-30-27(35)17-32(25-14-20-10-11-26(34)22(20)13-19(25)2)18-28(36)31(3)33-15-21-8-7-9-24(29)23(21)16-33;/h7-9,13-14H,4-6,10-12,15-18H2,1-3H3,(H,30,35);1H4. The van der Waals surface area contributed by atoms with Gasteiger partial charge in [0.2, 0.25) is 5.91 Å². The number of aryl methyl sites for hydroxylation is 2. The number of halogens is 1. The summed E-state index contributed by atoms with van der Waals surface area (Å²) in [4.78, 5) is 40.2. The number of hydrogen-bond acceptors (Lipinski definition) is 5. The van der Waals surface area contributed by atoms with Crippen molar-refractivity contribution in [2.45, 2.75) is 66.5 Å². The largest absolute Gasteiger partial charge is 0.355 e. The number of unbranched alkanes of at least 4 members (excludes halogenated alkanes) is 2. The number of benzene rings is 2. The predicted molar refractivity (Wildman–Crippen MR) is 144 cm³/mol. The van der Waals surface area contributed by atoms with E-state index >= 15 is 0 Å². The molecule has 2 amide bonds. The van der Waals surface area contributed by atoms with Gasteiger partial charge in [0.05, 0.1) is 13.1 Å². The van der Waals surface area contributed by atoms with Crippen molar-refractivity contribution in [2.75, 3.05) is 31.6 Å². The fraction of sp³-hybridized carbons (Fsp3) is 0.483. The third-order valence-corrected chi connectivity index (χ3v) is 7.14. The Hall–Kier alpha value is -3.26. The Balaban J connectivity index is 0.00000380. The molecule has 200 valence electrons. The van der Waals surface area contributed by atoms with E-state index in [9.17, 15) is 18.8 Å². The lowest BCUT2D eigenvalue weighted by molar-refractivity contribution is -0.145. The van der Waals surface area contributed by atoms with Crippen LogP contribution in [0.4, 0.5) is 10.1 Å². The molecule has 0 saturated heterocycles. The first-order valence-electron chi connectivity index (χ1n) is 12.7. The van der Waals surface area contributed by atoms with Crippen molar-refractivity contribution in [3.63, 3.8) is 0 Å². The van der Waals surface area contributed by atoms with Crippen LogP contribution in [0.1, 0.15) is 72.6 Å². The summed E-state index contributed by atoms with van der Waals surface area (Å²) in [6.07, 6.45) is 4.19. The third-order valence-electron chi connectivity index (χ3n) is 7.14. The summed E-state index contributed by atoms with van der Waals surface area (Å²) < 4.78 is 14.2. The van der Waals surface area contributed by atoms with Crippen LogP contribution in [0, 0.1) is 12.7 Å². The second kappa shape index (κ2) is 12.3. The molecule has 1 heterocycles. The van der Waals surface area contributed by atoms with Crippen LogP contribution in [-0.2, 0) is 29.1 Å². The Morgan fingerprint density at radius 1 is 1.08 bits per heavy atom. The Morgan fingerprint density at radius 2 is 1.86 bits per heavy atom. The van der Waals surface area contributed by atoms with Crippen molar-refractivity contribution < 1.29 is 18.8 Å². The highest BCUT2D eigenvalue weighted by molar-refractivity contribution is 6.01. The second-order valence-electron chi connectivity index (χ2n) is 9.75. The Morgan fingerprint density at radius 3 is 2.59 bits per heavy atom. The zero-order chi connectivity index (χ0) is 25.8. The number of nitrogens with zero attached hydrogens (tertiary/aromatic N) is 3. The van der Waals surface area contributed by atoms with E-state index in [4.69, 9.17) is 0 Å². The van der Waals surface area contributed by atoms with Gasteiger partial charge in [-0.05, 0) is 54.7 Å². The molecule has 1 N–H and O–H groups in total. The normalized spacial score (nSPS) is 14.1. The van der Waals surface area contributed by atoms with E-state index < -0.39 is 0 Å². The van der Waals surface area contributed by atoms with Gasteiger partial charge in [-0.1, -0.05) is 39.3 Å². The SMILES string of the molecule is C.CCCCCNC(=O)CN(CC(=O)N(C)N1Cc2cccc(F)c2C1)c1cc2c(cc1C)C(=O)CC2. The van der Waals surface area contributed by atoms with Gasteiger partial charge in [-0.25, -0.2) is 9.40 Å². The van der Waals surface area contributed by atoms with E-state index in [1.807, 2.05) is 30.1 Å². The van der Waals surface area contributed by atoms with E-state index in [2.05, 4.69) is 12.2 Å². The Kier molecular flexibility index (Phi) is 9.43. The highest BCUT2D eigenvalue weighted by atomic mass is 19.1. The molecule has 0 fully saturated rings. The first kappa shape index (κ1) is 28.3. The molecule has 0 aromatic heterocycles. The van der Waals surface area contributed by atoms with Crippen LogP contribution >= 0.6 is 0 Å². The molecule has 0 radical (unpaired) electrons.